The SMILES string of the molecule is CC(Nc1cccc(Cl)c1)S(=O)(=O)O. The zero-order valence-electron chi connectivity index (χ0n) is 7.44. The third kappa shape index (κ3) is 3.17. The Morgan fingerprint density at radius 1 is 1.50 bits per heavy atom. The molecule has 0 saturated heterocycles. The van der Waals surface area contributed by atoms with E-state index in [1.165, 1.54) is 6.92 Å². The summed E-state index contributed by atoms with van der Waals surface area (Å²) in [6, 6.07) is 6.59. The average molecular weight is 236 g/mol. The first kappa shape index (κ1) is 11.3. The fourth-order valence-corrected chi connectivity index (χ4v) is 1.36. The number of hydrogen-bond donors (Lipinski definition) is 2. The van der Waals surface area contributed by atoms with Crippen molar-refractivity contribution >= 4 is 27.4 Å². The second-order valence-corrected chi connectivity index (χ2v) is 4.99. The molecular formula is C8H10ClNO3S. The molecule has 0 saturated carbocycles. The molecule has 0 amide bonds. The maximum Gasteiger partial charge on any atom is 0.285 e. The largest absolute Gasteiger partial charge is 0.367 e. The predicted octanol–water partition coefficient (Wildman–Crippen LogP) is 1.99. The summed E-state index contributed by atoms with van der Waals surface area (Å²) < 4.78 is 30.1. The van der Waals surface area contributed by atoms with Gasteiger partial charge in [0, 0.05) is 10.7 Å². The van der Waals surface area contributed by atoms with Crippen molar-refractivity contribution in [1.82, 2.24) is 0 Å². The molecule has 0 bridgehead atoms. The summed E-state index contributed by atoms with van der Waals surface area (Å²) in [5.41, 5.74) is 0.544. The molecule has 0 radical (unpaired) electrons. The summed E-state index contributed by atoms with van der Waals surface area (Å²) in [6.45, 7) is 1.34. The zero-order chi connectivity index (χ0) is 10.8. The van der Waals surface area contributed by atoms with Crippen LogP contribution in [-0.4, -0.2) is 18.3 Å². The van der Waals surface area contributed by atoms with Crippen molar-refractivity contribution < 1.29 is 13.0 Å². The van der Waals surface area contributed by atoms with Gasteiger partial charge in [-0.2, -0.15) is 8.42 Å². The smallest absolute Gasteiger partial charge is 0.285 e. The van der Waals surface area contributed by atoms with Crippen LogP contribution >= 0.6 is 11.6 Å². The highest BCUT2D eigenvalue weighted by Gasteiger charge is 2.16. The van der Waals surface area contributed by atoms with E-state index >= 15 is 0 Å². The van der Waals surface area contributed by atoms with Gasteiger partial charge in [0.1, 0.15) is 0 Å². The van der Waals surface area contributed by atoms with Crippen molar-refractivity contribution in [2.45, 2.75) is 12.3 Å². The molecule has 4 nitrogen and oxygen atoms in total. The fourth-order valence-electron chi connectivity index (χ4n) is 0.887. The standard InChI is InChI=1S/C8H10ClNO3S/c1-6(14(11,12)13)10-8-4-2-3-7(9)5-8/h2-6,10H,1H3,(H,11,12,13). The van der Waals surface area contributed by atoms with Crippen molar-refractivity contribution in [2.24, 2.45) is 0 Å². The maximum absolute atomic E-state index is 10.7. The first-order valence-corrected chi connectivity index (χ1v) is 5.76. The second-order valence-electron chi connectivity index (χ2n) is 2.81. The Balaban J connectivity index is 2.80. The van der Waals surface area contributed by atoms with Crippen molar-refractivity contribution in [3.05, 3.63) is 29.3 Å². The minimum absolute atomic E-state index is 0.498. The maximum atomic E-state index is 10.7. The quantitative estimate of drug-likeness (QED) is 0.787. The predicted molar refractivity (Wildman–Crippen MR) is 56.1 cm³/mol. The summed E-state index contributed by atoms with van der Waals surface area (Å²) >= 11 is 5.69. The number of rotatable bonds is 3. The van der Waals surface area contributed by atoms with Gasteiger partial charge in [-0.3, -0.25) is 4.55 Å². The topological polar surface area (TPSA) is 66.4 Å². The molecule has 2 N–H and O–H groups in total. The van der Waals surface area contributed by atoms with E-state index in [2.05, 4.69) is 5.32 Å². The van der Waals surface area contributed by atoms with Gasteiger partial charge in [-0.1, -0.05) is 17.7 Å². The molecule has 0 aromatic heterocycles. The number of halogens is 1. The van der Waals surface area contributed by atoms with Gasteiger partial charge in [-0.25, -0.2) is 0 Å². The first-order chi connectivity index (χ1) is 6.39. The number of hydrogen-bond acceptors (Lipinski definition) is 3. The number of anilines is 1. The van der Waals surface area contributed by atoms with E-state index in [-0.39, 0.29) is 0 Å². The Morgan fingerprint density at radius 3 is 2.64 bits per heavy atom. The molecule has 78 valence electrons. The van der Waals surface area contributed by atoms with Crippen LogP contribution in [0.4, 0.5) is 5.69 Å². The number of benzene rings is 1. The summed E-state index contributed by atoms with van der Waals surface area (Å²) in [7, 11) is -4.07. The van der Waals surface area contributed by atoms with Crippen LogP contribution in [0.25, 0.3) is 0 Å². The zero-order valence-corrected chi connectivity index (χ0v) is 9.01. The molecule has 1 atom stereocenters. The van der Waals surface area contributed by atoms with Gasteiger partial charge in [0.05, 0.1) is 0 Å². The highest BCUT2D eigenvalue weighted by molar-refractivity contribution is 7.86. The van der Waals surface area contributed by atoms with E-state index < -0.39 is 15.5 Å². The molecule has 1 rings (SSSR count). The molecule has 1 aromatic carbocycles. The van der Waals surface area contributed by atoms with Crippen molar-refractivity contribution in [2.75, 3.05) is 5.32 Å². The Labute approximate surface area is 87.6 Å². The monoisotopic (exact) mass is 235 g/mol. The van der Waals surface area contributed by atoms with Crippen LogP contribution in [0, 0.1) is 0 Å². The summed E-state index contributed by atoms with van der Waals surface area (Å²) in [5, 5.41) is 2.04. The first-order valence-electron chi connectivity index (χ1n) is 3.88. The molecule has 0 spiro atoms. The lowest BCUT2D eigenvalue weighted by Crippen LogP contribution is -2.25. The lowest BCUT2D eigenvalue weighted by atomic mass is 10.3. The molecule has 6 heteroatoms. The minimum Gasteiger partial charge on any atom is -0.367 e. The van der Waals surface area contributed by atoms with Gasteiger partial charge in [0.15, 0.2) is 5.37 Å². The Bertz CT molecular complexity index is 418. The van der Waals surface area contributed by atoms with Gasteiger partial charge in [-0.05, 0) is 25.1 Å². The van der Waals surface area contributed by atoms with Crippen LogP contribution < -0.4 is 5.32 Å². The molecule has 1 aromatic rings. The van der Waals surface area contributed by atoms with Gasteiger partial charge < -0.3 is 5.32 Å². The normalized spacial score (nSPS) is 13.6. The summed E-state index contributed by atoms with van der Waals surface area (Å²) in [5.74, 6) is 0. The highest BCUT2D eigenvalue weighted by atomic mass is 35.5. The van der Waals surface area contributed by atoms with Gasteiger partial charge in [-0.15, -0.1) is 0 Å². The average Bonchev–Trinajstić information content (AvgIpc) is 2.02. The van der Waals surface area contributed by atoms with Crippen LogP contribution in [0.5, 0.6) is 0 Å². The molecule has 0 aliphatic heterocycles. The third-order valence-electron chi connectivity index (χ3n) is 1.64. The molecule has 14 heavy (non-hydrogen) atoms. The molecule has 0 aliphatic rings. The van der Waals surface area contributed by atoms with Gasteiger partial charge >= 0.3 is 0 Å². The summed E-state index contributed by atoms with van der Waals surface area (Å²) in [4.78, 5) is 0. The minimum atomic E-state index is -4.07. The van der Waals surface area contributed by atoms with Crippen LogP contribution in [0.15, 0.2) is 24.3 Å². The fraction of sp³-hybridized carbons (Fsp3) is 0.250. The van der Waals surface area contributed by atoms with Crippen molar-refractivity contribution in [1.29, 1.82) is 0 Å². The third-order valence-corrected chi connectivity index (χ3v) is 2.89. The Morgan fingerprint density at radius 2 is 2.14 bits per heavy atom. The van der Waals surface area contributed by atoms with Crippen LogP contribution in [0.2, 0.25) is 5.02 Å². The number of nitrogens with one attached hydrogen (secondary N) is 1. The molecule has 0 aliphatic carbocycles. The molecule has 0 fully saturated rings. The van der Waals surface area contributed by atoms with E-state index in [0.717, 1.165) is 0 Å². The van der Waals surface area contributed by atoms with E-state index in [9.17, 15) is 8.42 Å². The summed E-state index contributed by atoms with van der Waals surface area (Å²) in [6.07, 6.45) is 0. The molecule has 0 heterocycles. The van der Waals surface area contributed by atoms with Gasteiger partial charge in [0.25, 0.3) is 10.1 Å². The second kappa shape index (κ2) is 4.16. The van der Waals surface area contributed by atoms with Crippen molar-refractivity contribution in [3.63, 3.8) is 0 Å². The molecule has 1 unspecified atom stereocenters. The van der Waals surface area contributed by atoms with Gasteiger partial charge in [0.2, 0.25) is 0 Å². The van der Waals surface area contributed by atoms with Crippen LogP contribution in [0.3, 0.4) is 0 Å². The van der Waals surface area contributed by atoms with Crippen LogP contribution in [-0.2, 0) is 10.1 Å². The Kier molecular flexibility index (Phi) is 3.36. The van der Waals surface area contributed by atoms with E-state index in [4.69, 9.17) is 16.2 Å². The highest BCUT2D eigenvalue weighted by Crippen LogP contribution is 2.16. The van der Waals surface area contributed by atoms with E-state index in [1.54, 1.807) is 24.3 Å². The lowest BCUT2D eigenvalue weighted by molar-refractivity contribution is 0.475. The Hall–Kier alpha value is -0.780. The molecular weight excluding hydrogens is 226 g/mol. The lowest BCUT2D eigenvalue weighted by Gasteiger charge is -2.11. The van der Waals surface area contributed by atoms with E-state index in [1.807, 2.05) is 0 Å². The van der Waals surface area contributed by atoms with Crippen LogP contribution in [0.1, 0.15) is 6.92 Å². The van der Waals surface area contributed by atoms with E-state index in [0.29, 0.717) is 10.7 Å². The van der Waals surface area contributed by atoms with Crippen molar-refractivity contribution in [3.8, 4) is 0 Å².